The summed E-state index contributed by atoms with van der Waals surface area (Å²) in [4.78, 5) is 0.993. The standard InChI is InChI=1S/C13H29N2PS/c1-8-16(9-2,10-3)13(17)14-15(11(4)5)12(6)7/h11-12H,8-10H2,1-7H3. The van der Waals surface area contributed by atoms with Crippen LogP contribution in [0.4, 0.5) is 0 Å². The van der Waals surface area contributed by atoms with Gasteiger partial charge in [-0.1, -0.05) is 0 Å². The van der Waals surface area contributed by atoms with E-state index >= 15 is 0 Å². The van der Waals surface area contributed by atoms with Crippen LogP contribution in [0.1, 0.15) is 48.5 Å². The minimum Gasteiger partial charge on any atom is -0.720 e. The van der Waals surface area contributed by atoms with Gasteiger partial charge in [-0.2, -0.15) is 5.10 Å². The predicted octanol–water partition coefficient (Wildman–Crippen LogP) is 4.00. The molecule has 0 rings (SSSR count). The molecule has 0 heterocycles. The van der Waals surface area contributed by atoms with Crippen molar-refractivity contribution in [1.82, 2.24) is 5.01 Å². The molecule has 0 aromatic heterocycles. The quantitative estimate of drug-likeness (QED) is 0.230. The molecule has 0 amide bonds. The molecule has 0 radical (unpaired) electrons. The molecule has 2 nitrogen and oxygen atoms in total. The van der Waals surface area contributed by atoms with Crippen LogP contribution in [0, 0.1) is 0 Å². The third-order valence-corrected chi connectivity index (χ3v) is 9.26. The second-order valence-electron chi connectivity index (χ2n) is 5.04. The maximum absolute atomic E-state index is 5.64. The van der Waals surface area contributed by atoms with E-state index in [4.69, 9.17) is 17.7 Å². The van der Waals surface area contributed by atoms with Crippen LogP contribution in [0.15, 0.2) is 5.10 Å². The van der Waals surface area contributed by atoms with Gasteiger partial charge in [-0.3, -0.25) is 5.01 Å². The van der Waals surface area contributed by atoms with Gasteiger partial charge in [0.15, 0.2) is 0 Å². The second-order valence-corrected chi connectivity index (χ2v) is 10.3. The molecule has 0 fully saturated rings. The van der Waals surface area contributed by atoms with Gasteiger partial charge in [0.1, 0.15) is 0 Å². The van der Waals surface area contributed by atoms with Crippen molar-refractivity contribution in [3.8, 4) is 0 Å². The van der Waals surface area contributed by atoms with E-state index < -0.39 is 7.26 Å². The van der Waals surface area contributed by atoms with Crippen LogP contribution in [0.5, 0.6) is 0 Å². The van der Waals surface area contributed by atoms with Gasteiger partial charge in [0.25, 0.3) is 0 Å². The molecule has 17 heavy (non-hydrogen) atoms. The molecular formula is C13H29N2PS. The largest absolute Gasteiger partial charge is 0.720 e. The number of rotatable bonds is 7. The predicted molar refractivity (Wildman–Crippen MR) is 85.5 cm³/mol. The summed E-state index contributed by atoms with van der Waals surface area (Å²) < 4.78 is 0. The van der Waals surface area contributed by atoms with Crippen LogP contribution in [0.2, 0.25) is 0 Å². The molecule has 0 saturated heterocycles. The Morgan fingerprint density at radius 3 is 1.59 bits per heavy atom. The van der Waals surface area contributed by atoms with E-state index in [1.54, 1.807) is 0 Å². The number of hydrogen-bond donors (Lipinski definition) is 0. The first-order valence-corrected chi connectivity index (χ1v) is 9.50. The Morgan fingerprint density at radius 2 is 1.35 bits per heavy atom. The monoisotopic (exact) mass is 276 g/mol. The van der Waals surface area contributed by atoms with Crippen LogP contribution < -0.4 is 0 Å². The van der Waals surface area contributed by atoms with Gasteiger partial charge in [-0.05, 0) is 48.5 Å². The van der Waals surface area contributed by atoms with Crippen molar-refractivity contribution in [3.05, 3.63) is 0 Å². The zero-order valence-corrected chi connectivity index (χ0v) is 14.2. The molecule has 0 aromatic carbocycles. The fourth-order valence-electron chi connectivity index (χ4n) is 2.10. The van der Waals surface area contributed by atoms with E-state index in [0.717, 1.165) is 4.78 Å². The number of nitrogens with zero attached hydrogens (tertiary/aromatic N) is 2. The fraction of sp³-hybridized carbons (Fsp3) is 0.923. The zero-order valence-electron chi connectivity index (χ0n) is 12.5. The molecule has 0 atom stereocenters. The summed E-state index contributed by atoms with van der Waals surface area (Å²) in [5.74, 6) is 0. The Bertz CT molecular complexity index is 232. The topological polar surface area (TPSA) is 15.6 Å². The smallest absolute Gasteiger partial charge is 0.0611 e. The van der Waals surface area contributed by atoms with Crippen molar-refractivity contribution < 1.29 is 0 Å². The highest BCUT2D eigenvalue weighted by Crippen LogP contribution is 2.58. The highest BCUT2D eigenvalue weighted by Gasteiger charge is 2.32. The average molecular weight is 276 g/mol. The third kappa shape index (κ3) is 4.37. The van der Waals surface area contributed by atoms with Gasteiger partial charge in [0, 0.05) is 19.3 Å². The third-order valence-electron chi connectivity index (χ3n) is 3.48. The maximum atomic E-state index is 5.64. The molecule has 0 saturated carbocycles. The Kier molecular flexibility index (Phi) is 7.58. The van der Waals surface area contributed by atoms with E-state index in [1.807, 2.05) is 0 Å². The minimum atomic E-state index is -1.14. The van der Waals surface area contributed by atoms with Gasteiger partial charge in [-0.15, -0.1) is 0 Å². The molecular weight excluding hydrogens is 247 g/mol. The maximum Gasteiger partial charge on any atom is 0.0611 e. The summed E-state index contributed by atoms with van der Waals surface area (Å²) in [6.45, 7) is 15.5. The summed E-state index contributed by atoms with van der Waals surface area (Å²) in [6, 6.07) is 0.834. The Hall–Kier alpha value is 0.120. The van der Waals surface area contributed by atoms with Gasteiger partial charge < -0.3 is 12.6 Å². The second kappa shape index (κ2) is 7.53. The van der Waals surface area contributed by atoms with Crippen LogP contribution in [0.25, 0.3) is 0 Å². The van der Waals surface area contributed by atoms with Crippen LogP contribution in [-0.2, 0) is 12.6 Å². The first-order chi connectivity index (χ1) is 7.84. The van der Waals surface area contributed by atoms with E-state index in [0.29, 0.717) is 12.1 Å². The summed E-state index contributed by atoms with van der Waals surface area (Å²) in [5, 5.41) is 6.93. The average Bonchev–Trinajstić information content (AvgIpc) is 2.28. The molecule has 0 unspecified atom stereocenters. The number of hydrazone groups is 1. The molecule has 4 heteroatoms. The lowest BCUT2D eigenvalue weighted by Gasteiger charge is -2.34. The van der Waals surface area contributed by atoms with Gasteiger partial charge >= 0.3 is 0 Å². The van der Waals surface area contributed by atoms with E-state index in [1.165, 1.54) is 18.5 Å². The molecule has 0 spiro atoms. The lowest BCUT2D eigenvalue weighted by molar-refractivity contribution is 0.185. The highest BCUT2D eigenvalue weighted by molar-refractivity contribution is 8.11. The van der Waals surface area contributed by atoms with Gasteiger partial charge in [0.2, 0.25) is 0 Å². The van der Waals surface area contributed by atoms with Gasteiger partial charge in [0.05, 0.1) is 23.3 Å². The number of hydrogen-bond acceptors (Lipinski definition) is 3. The zero-order chi connectivity index (χ0) is 13.6. The van der Waals surface area contributed by atoms with Crippen LogP contribution in [0.3, 0.4) is 0 Å². The molecule has 0 bridgehead atoms. The van der Waals surface area contributed by atoms with Crippen molar-refractivity contribution in [2.45, 2.75) is 60.5 Å². The Morgan fingerprint density at radius 1 is 1.00 bits per heavy atom. The highest BCUT2D eigenvalue weighted by atomic mass is 32.1. The molecule has 0 aliphatic rings. The van der Waals surface area contributed by atoms with Gasteiger partial charge in [-0.25, -0.2) is 0 Å². The lowest BCUT2D eigenvalue weighted by atomic mass is 10.3. The van der Waals surface area contributed by atoms with Crippen LogP contribution >= 0.6 is 7.26 Å². The normalized spacial score (nSPS) is 13.6. The summed E-state index contributed by atoms with van der Waals surface area (Å²) >= 11 is 5.64. The van der Waals surface area contributed by atoms with Crippen molar-refractivity contribution in [1.29, 1.82) is 0 Å². The van der Waals surface area contributed by atoms with Crippen molar-refractivity contribution in [3.63, 3.8) is 0 Å². The Labute approximate surface area is 114 Å². The van der Waals surface area contributed by atoms with E-state index in [-0.39, 0.29) is 0 Å². The Balaban J connectivity index is 5.15. The fourth-order valence-corrected chi connectivity index (χ4v) is 5.80. The summed E-state index contributed by atoms with van der Waals surface area (Å²) in [7, 11) is -1.14. The SMILES string of the molecule is CC[P+](CC)(CC)/C([S-])=N\N(C(C)C)C(C)C. The molecule has 0 N–H and O–H groups in total. The molecule has 0 aliphatic carbocycles. The van der Waals surface area contributed by atoms with E-state index in [2.05, 4.69) is 53.5 Å². The van der Waals surface area contributed by atoms with Crippen molar-refractivity contribution in [2.24, 2.45) is 5.10 Å². The summed E-state index contributed by atoms with van der Waals surface area (Å²) in [5.41, 5.74) is 0. The first kappa shape index (κ1) is 17.1. The first-order valence-electron chi connectivity index (χ1n) is 6.75. The molecule has 102 valence electrons. The van der Waals surface area contributed by atoms with Crippen molar-refractivity contribution in [2.75, 3.05) is 18.5 Å². The van der Waals surface area contributed by atoms with Crippen LogP contribution in [-0.4, -0.2) is 40.4 Å². The van der Waals surface area contributed by atoms with E-state index in [9.17, 15) is 0 Å². The minimum absolute atomic E-state index is 0.417. The molecule has 0 aliphatic heterocycles. The summed E-state index contributed by atoms with van der Waals surface area (Å²) in [6.07, 6.45) is 3.56. The lowest BCUT2D eigenvalue weighted by Crippen LogP contribution is -2.33. The van der Waals surface area contributed by atoms with Crippen molar-refractivity contribution >= 4 is 24.7 Å². The molecule has 0 aromatic rings.